The first-order valence-corrected chi connectivity index (χ1v) is 18.3. The first-order chi connectivity index (χ1) is 25.8. The van der Waals surface area contributed by atoms with Gasteiger partial charge in [-0.2, -0.15) is 0 Å². The maximum absolute atomic E-state index is 12.3. The number of benzene rings is 2. The number of carboxylic acids is 1. The molecular weight excluding hydrogens is 716 g/mol. The van der Waals surface area contributed by atoms with E-state index in [0.29, 0.717) is 0 Å². The summed E-state index contributed by atoms with van der Waals surface area (Å²) in [4.78, 5) is 70.7. The zero-order valence-electron chi connectivity index (χ0n) is 32.5. The molecule has 0 unspecified atom stereocenters. The molecule has 0 saturated heterocycles. The number of aliphatic hydroxyl groups excluding tert-OH is 1. The van der Waals surface area contributed by atoms with Gasteiger partial charge in [-0.1, -0.05) is 60.7 Å². The minimum Gasteiger partial charge on any atom is -0.480 e. The molecule has 55 heavy (non-hydrogen) atoms. The number of carbonyl (C=O) groups excluding carboxylic acids is 5. The second-order valence-corrected chi connectivity index (χ2v) is 15.0. The predicted octanol–water partition coefficient (Wildman–Crippen LogP) is 5.74. The van der Waals surface area contributed by atoms with Crippen molar-refractivity contribution in [2.45, 2.75) is 142 Å². The molecule has 15 heteroatoms. The van der Waals surface area contributed by atoms with Gasteiger partial charge in [0.1, 0.15) is 42.6 Å². The number of amides is 2. The highest BCUT2D eigenvalue weighted by atomic mass is 16.6. The topological polar surface area (TPSA) is 213 Å². The molecular formula is C40H56N2O13. The van der Waals surface area contributed by atoms with Crippen LogP contribution in [0, 0.1) is 0 Å². The lowest BCUT2D eigenvalue weighted by molar-refractivity contribution is -0.157. The van der Waals surface area contributed by atoms with Gasteiger partial charge in [-0.25, -0.2) is 19.2 Å². The minimum absolute atomic E-state index is 0.0132. The van der Waals surface area contributed by atoms with E-state index in [1.807, 2.05) is 36.4 Å². The normalized spacial score (nSPS) is 14.5. The van der Waals surface area contributed by atoms with E-state index in [1.54, 1.807) is 65.8 Å². The molecule has 2 saturated carbocycles. The molecule has 15 nitrogen and oxygen atoms in total. The van der Waals surface area contributed by atoms with Crippen LogP contribution in [0.2, 0.25) is 0 Å². The summed E-state index contributed by atoms with van der Waals surface area (Å²) in [5.41, 5.74) is 0.368. The van der Waals surface area contributed by atoms with Gasteiger partial charge in [0.05, 0.1) is 6.10 Å². The number of alkyl carbamates (subject to hydrolysis) is 2. The third-order valence-electron chi connectivity index (χ3n) is 7.06. The Morgan fingerprint density at radius 2 is 1.04 bits per heavy atom. The molecule has 0 spiro atoms. The molecule has 2 atom stereocenters. The van der Waals surface area contributed by atoms with E-state index in [1.165, 1.54) is 0 Å². The van der Waals surface area contributed by atoms with Crippen LogP contribution >= 0.6 is 0 Å². The molecule has 304 valence electrons. The summed E-state index contributed by atoms with van der Waals surface area (Å²) < 4.78 is 25.7. The van der Waals surface area contributed by atoms with Crippen molar-refractivity contribution in [3.8, 4) is 0 Å². The van der Waals surface area contributed by atoms with Crippen molar-refractivity contribution in [1.29, 1.82) is 0 Å². The summed E-state index contributed by atoms with van der Waals surface area (Å²) in [5, 5.41) is 22.0. The zero-order valence-corrected chi connectivity index (χ0v) is 32.5. The molecule has 0 aliphatic heterocycles. The fourth-order valence-electron chi connectivity index (χ4n) is 4.14. The van der Waals surface area contributed by atoms with Crippen LogP contribution < -0.4 is 10.6 Å². The summed E-state index contributed by atoms with van der Waals surface area (Å²) in [6.45, 7) is 10.6. The highest BCUT2D eigenvalue weighted by Gasteiger charge is 2.32. The Morgan fingerprint density at radius 3 is 1.38 bits per heavy atom. The second-order valence-electron chi connectivity index (χ2n) is 15.0. The van der Waals surface area contributed by atoms with E-state index in [0.717, 1.165) is 36.8 Å². The number of nitrogens with one attached hydrogen (secondary N) is 2. The predicted molar refractivity (Wildman–Crippen MR) is 199 cm³/mol. The maximum atomic E-state index is 12.3. The number of aliphatic hydroxyl groups is 1. The van der Waals surface area contributed by atoms with Gasteiger partial charge >= 0.3 is 36.1 Å². The highest BCUT2D eigenvalue weighted by Crippen LogP contribution is 2.24. The summed E-state index contributed by atoms with van der Waals surface area (Å²) in [6, 6.07) is 16.0. The Balaban J connectivity index is 0.000000346. The fourth-order valence-corrected chi connectivity index (χ4v) is 4.14. The van der Waals surface area contributed by atoms with Gasteiger partial charge in [0.15, 0.2) is 0 Å². The van der Waals surface area contributed by atoms with Crippen molar-refractivity contribution in [3.63, 3.8) is 0 Å². The molecule has 0 aromatic heterocycles. The van der Waals surface area contributed by atoms with Crippen molar-refractivity contribution in [2.24, 2.45) is 0 Å². The molecule has 2 aromatic rings. The van der Waals surface area contributed by atoms with E-state index in [-0.39, 0.29) is 51.1 Å². The first-order valence-electron chi connectivity index (χ1n) is 18.3. The van der Waals surface area contributed by atoms with Gasteiger partial charge in [0.2, 0.25) is 0 Å². The number of carbonyl (C=O) groups is 6. The number of ether oxygens (including phenoxy) is 5. The van der Waals surface area contributed by atoms with Gasteiger partial charge in [0, 0.05) is 12.8 Å². The highest BCUT2D eigenvalue weighted by molar-refractivity contribution is 5.82. The molecule has 4 rings (SSSR count). The van der Waals surface area contributed by atoms with Crippen LogP contribution in [0.15, 0.2) is 60.7 Å². The Hall–Kier alpha value is -5.18. The van der Waals surface area contributed by atoms with Crippen LogP contribution in [0.4, 0.5) is 9.59 Å². The van der Waals surface area contributed by atoms with Crippen LogP contribution in [-0.4, -0.2) is 81.8 Å². The van der Waals surface area contributed by atoms with E-state index in [4.69, 9.17) is 33.9 Å². The molecule has 0 radical (unpaired) electrons. The molecule has 0 bridgehead atoms. The number of rotatable bonds is 15. The molecule has 2 aromatic carbocycles. The third-order valence-corrected chi connectivity index (χ3v) is 7.06. The summed E-state index contributed by atoms with van der Waals surface area (Å²) in [7, 11) is 0. The van der Waals surface area contributed by atoms with Crippen molar-refractivity contribution in [3.05, 3.63) is 71.8 Å². The third kappa shape index (κ3) is 24.0. The number of esters is 3. The molecule has 2 amide bonds. The monoisotopic (exact) mass is 772 g/mol. The minimum atomic E-state index is -1.24. The molecule has 0 heterocycles. The Kier molecular flexibility index (Phi) is 19.1. The standard InChI is InChI=1S/C20H27NO6.C17H23NO6.C3H6O/c1-20(2,3)27-17(22)12-11-16(18(23)26-15-9-10-15)21-19(24)25-13-14-7-5-4-6-8-14;1-17(2,3)24-14(19)10-9-13(15(20)21)18-16(22)23-11-12-7-5-4-6-8-12;4-3-1-2-3/h4-8,15-16H,9-13H2,1-3H3,(H,21,24);4-8,13H,9-11H2,1-3H3,(H,18,22)(H,20,21);3-4H,1-2H2/t16-;13-;/m11./s1. The lowest BCUT2D eigenvalue weighted by atomic mass is 10.1. The smallest absolute Gasteiger partial charge is 0.408 e. The quantitative estimate of drug-likeness (QED) is 0.126. The van der Waals surface area contributed by atoms with Gasteiger partial charge in [0.25, 0.3) is 0 Å². The fraction of sp³-hybridized carbons (Fsp3) is 0.550. The zero-order chi connectivity index (χ0) is 41.0. The van der Waals surface area contributed by atoms with Gasteiger partial charge in [-0.15, -0.1) is 0 Å². The molecule has 2 fully saturated rings. The Labute approximate surface area is 322 Å². The Bertz CT molecular complexity index is 1510. The van der Waals surface area contributed by atoms with Crippen LogP contribution in [0.25, 0.3) is 0 Å². The van der Waals surface area contributed by atoms with Gasteiger partial charge in [-0.05, 0) is 91.2 Å². The van der Waals surface area contributed by atoms with Crippen LogP contribution in [0.1, 0.15) is 104 Å². The van der Waals surface area contributed by atoms with Crippen molar-refractivity contribution in [1.82, 2.24) is 10.6 Å². The first kappa shape index (κ1) is 46.0. The maximum Gasteiger partial charge on any atom is 0.408 e. The summed E-state index contributed by atoms with van der Waals surface area (Å²) >= 11 is 0. The van der Waals surface area contributed by atoms with Crippen LogP contribution in [-0.2, 0) is 56.1 Å². The lowest BCUT2D eigenvalue weighted by Gasteiger charge is -2.21. The number of aliphatic carboxylic acids is 1. The van der Waals surface area contributed by atoms with E-state index in [2.05, 4.69) is 10.6 Å². The van der Waals surface area contributed by atoms with Crippen molar-refractivity contribution >= 4 is 36.1 Å². The largest absolute Gasteiger partial charge is 0.480 e. The average molecular weight is 773 g/mol. The van der Waals surface area contributed by atoms with E-state index < -0.39 is 59.3 Å². The lowest BCUT2D eigenvalue weighted by Crippen LogP contribution is -2.42. The number of hydrogen-bond donors (Lipinski definition) is 4. The van der Waals surface area contributed by atoms with Crippen molar-refractivity contribution < 1.29 is 62.7 Å². The number of hydrogen-bond acceptors (Lipinski definition) is 12. The number of carboxylic acid groups (broad SMARTS) is 1. The molecule has 4 N–H and O–H groups in total. The average Bonchev–Trinajstić information content (AvgIpc) is 4.05. The second kappa shape index (κ2) is 22.9. The molecule has 2 aliphatic rings. The van der Waals surface area contributed by atoms with E-state index >= 15 is 0 Å². The van der Waals surface area contributed by atoms with Crippen molar-refractivity contribution in [2.75, 3.05) is 0 Å². The van der Waals surface area contributed by atoms with Gasteiger partial charge in [-0.3, -0.25) is 9.59 Å². The Morgan fingerprint density at radius 1 is 0.655 bits per heavy atom. The van der Waals surface area contributed by atoms with Crippen LogP contribution in [0.3, 0.4) is 0 Å². The van der Waals surface area contributed by atoms with E-state index in [9.17, 15) is 28.8 Å². The SMILES string of the molecule is CC(C)(C)OC(=O)CC[C@@H](NC(=O)OCc1ccccc1)C(=O)O.CC(C)(C)OC(=O)CC[C@@H](NC(=O)OCc1ccccc1)C(=O)OC1CC1.OC1CC1. The molecule has 2 aliphatic carbocycles. The summed E-state index contributed by atoms with van der Waals surface area (Å²) in [5.74, 6) is -2.76. The van der Waals surface area contributed by atoms with Crippen LogP contribution in [0.5, 0.6) is 0 Å². The summed E-state index contributed by atoms with van der Waals surface area (Å²) in [6.07, 6.45) is 2.01. The van der Waals surface area contributed by atoms with Gasteiger partial charge < -0.3 is 44.5 Å².